The molecule has 0 aliphatic heterocycles. The third kappa shape index (κ3) is 3.90. The van der Waals surface area contributed by atoms with Crippen molar-refractivity contribution in [2.75, 3.05) is 0 Å². The first-order chi connectivity index (χ1) is 9.79. The van der Waals surface area contributed by atoms with Crippen molar-refractivity contribution in [2.45, 2.75) is 57.8 Å². The monoisotopic (exact) mass is 323 g/mol. The first-order valence-corrected chi connectivity index (χ1v) is 7.26. The van der Waals surface area contributed by atoms with Crippen molar-refractivity contribution in [1.82, 2.24) is 15.1 Å². The molecule has 1 aliphatic rings. The van der Waals surface area contributed by atoms with E-state index >= 15 is 0 Å². The van der Waals surface area contributed by atoms with Gasteiger partial charge in [0.2, 0.25) is 5.91 Å². The van der Waals surface area contributed by atoms with Crippen LogP contribution in [0.25, 0.3) is 0 Å². The van der Waals surface area contributed by atoms with Gasteiger partial charge in [-0.1, -0.05) is 24.4 Å². The Morgan fingerprint density at radius 2 is 2.05 bits per heavy atom. The molecule has 2 rings (SSSR count). The van der Waals surface area contributed by atoms with Gasteiger partial charge in [-0.15, -0.1) is 0 Å². The Morgan fingerprint density at radius 1 is 1.43 bits per heavy atom. The first-order valence-electron chi connectivity index (χ1n) is 6.88. The van der Waals surface area contributed by atoms with Crippen LogP contribution in [0.15, 0.2) is 0 Å². The highest BCUT2D eigenvalue weighted by Crippen LogP contribution is 2.35. The summed E-state index contributed by atoms with van der Waals surface area (Å²) in [6, 6.07) is 0.200. The fourth-order valence-electron chi connectivity index (χ4n) is 2.50. The molecule has 118 valence electrons. The number of rotatable bonds is 4. The number of alkyl halides is 3. The number of halogens is 4. The van der Waals surface area contributed by atoms with Gasteiger partial charge in [0, 0.05) is 12.5 Å². The molecule has 1 amide bonds. The van der Waals surface area contributed by atoms with E-state index in [2.05, 4.69) is 10.4 Å². The van der Waals surface area contributed by atoms with Gasteiger partial charge in [0.05, 0.1) is 17.3 Å². The highest BCUT2D eigenvalue weighted by Gasteiger charge is 2.38. The second kappa shape index (κ2) is 6.25. The van der Waals surface area contributed by atoms with Crippen LogP contribution >= 0.6 is 11.6 Å². The van der Waals surface area contributed by atoms with Gasteiger partial charge in [-0.2, -0.15) is 18.3 Å². The van der Waals surface area contributed by atoms with Crippen molar-refractivity contribution in [3.8, 4) is 0 Å². The van der Waals surface area contributed by atoms with E-state index in [0.29, 0.717) is 0 Å². The van der Waals surface area contributed by atoms with Gasteiger partial charge in [0.25, 0.3) is 0 Å². The molecular formula is C13H17ClF3N3O. The SMILES string of the molecule is Cc1c(Cl)c(C(F)(F)F)nn1CCC(=O)NC1CCCC1. The molecule has 1 N–H and O–H groups in total. The molecular weight excluding hydrogens is 307 g/mol. The van der Waals surface area contributed by atoms with Crippen molar-refractivity contribution in [3.63, 3.8) is 0 Å². The number of aromatic nitrogens is 2. The lowest BCUT2D eigenvalue weighted by Gasteiger charge is -2.12. The maximum Gasteiger partial charge on any atom is 0.436 e. The molecule has 1 heterocycles. The van der Waals surface area contributed by atoms with Crippen LogP contribution in [-0.2, 0) is 17.5 Å². The van der Waals surface area contributed by atoms with Gasteiger partial charge in [-0.3, -0.25) is 9.48 Å². The molecule has 1 aromatic heterocycles. The Kier molecular flexibility index (Phi) is 4.81. The normalized spacial score (nSPS) is 16.4. The molecule has 1 fully saturated rings. The highest BCUT2D eigenvalue weighted by molar-refractivity contribution is 6.31. The third-order valence-electron chi connectivity index (χ3n) is 3.67. The molecule has 4 nitrogen and oxygen atoms in total. The maximum absolute atomic E-state index is 12.7. The number of nitrogens with zero attached hydrogens (tertiary/aromatic N) is 2. The Morgan fingerprint density at radius 3 is 2.57 bits per heavy atom. The summed E-state index contributed by atoms with van der Waals surface area (Å²) in [5.74, 6) is -0.165. The molecule has 0 unspecified atom stereocenters. The number of hydrogen-bond acceptors (Lipinski definition) is 2. The van der Waals surface area contributed by atoms with Crippen LogP contribution in [-0.4, -0.2) is 21.7 Å². The number of amides is 1. The fraction of sp³-hybridized carbons (Fsp3) is 0.692. The zero-order chi connectivity index (χ0) is 15.6. The van der Waals surface area contributed by atoms with E-state index in [1.807, 2.05) is 0 Å². The third-order valence-corrected chi connectivity index (χ3v) is 4.13. The van der Waals surface area contributed by atoms with Gasteiger partial charge in [0.1, 0.15) is 0 Å². The van der Waals surface area contributed by atoms with Gasteiger partial charge >= 0.3 is 6.18 Å². The Labute approximate surface area is 125 Å². The van der Waals surface area contributed by atoms with E-state index < -0.39 is 16.9 Å². The zero-order valence-corrected chi connectivity index (χ0v) is 12.4. The van der Waals surface area contributed by atoms with E-state index in [0.717, 1.165) is 30.4 Å². The second-order valence-electron chi connectivity index (χ2n) is 5.27. The molecule has 0 spiro atoms. The number of carbonyl (C=O) groups excluding carboxylic acids is 1. The summed E-state index contributed by atoms with van der Waals surface area (Å²) in [4.78, 5) is 11.8. The van der Waals surface area contributed by atoms with Gasteiger partial charge in [-0.25, -0.2) is 0 Å². The van der Waals surface area contributed by atoms with Crippen LogP contribution < -0.4 is 5.32 Å². The van der Waals surface area contributed by atoms with Crippen molar-refractivity contribution < 1.29 is 18.0 Å². The van der Waals surface area contributed by atoms with E-state index in [1.54, 1.807) is 0 Å². The summed E-state index contributed by atoms with van der Waals surface area (Å²) in [7, 11) is 0. The molecule has 0 saturated heterocycles. The molecule has 0 bridgehead atoms. The van der Waals surface area contributed by atoms with Crippen molar-refractivity contribution >= 4 is 17.5 Å². The number of nitrogens with one attached hydrogen (secondary N) is 1. The van der Waals surface area contributed by atoms with Crippen molar-refractivity contribution in [3.05, 3.63) is 16.4 Å². The Bertz CT molecular complexity index is 521. The van der Waals surface area contributed by atoms with Gasteiger partial charge in [-0.05, 0) is 19.8 Å². The molecule has 0 radical (unpaired) electrons. The van der Waals surface area contributed by atoms with Crippen LogP contribution in [0.1, 0.15) is 43.5 Å². The minimum Gasteiger partial charge on any atom is -0.353 e. The largest absolute Gasteiger partial charge is 0.436 e. The summed E-state index contributed by atoms with van der Waals surface area (Å²) in [5, 5.41) is 5.95. The minimum absolute atomic E-state index is 0.0835. The van der Waals surface area contributed by atoms with Gasteiger partial charge < -0.3 is 5.32 Å². The molecule has 1 saturated carbocycles. The van der Waals surface area contributed by atoms with E-state index in [4.69, 9.17) is 11.6 Å². The molecule has 1 aliphatic carbocycles. The predicted octanol–water partition coefficient (Wildman–Crippen LogP) is 3.31. The predicted molar refractivity (Wildman–Crippen MR) is 72.0 cm³/mol. The van der Waals surface area contributed by atoms with Crippen LogP contribution in [0, 0.1) is 6.92 Å². The highest BCUT2D eigenvalue weighted by atomic mass is 35.5. The summed E-state index contributed by atoms with van der Waals surface area (Å²) in [5.41, 5.74) is -0.879. The summed E-state index contributed by atoms with van der Waals surface area (Å²) < 4.78 is 39.2. The Balaban J connectivity index is 1.95. The van der Waals surface area contributed by atoms with Crippen molar-refractivity contribution in [1.29, 1.82) is 0 Å². The number of hydrogen-bond donors (Lipinski definition) is 1. The first kappa shape index (κ1) is 16.1. The summed E-state index contributed by atoms with van der Waals surface area (Å²) >= 11 is 5.65. The van der Waals surface area contributed by atoms with Crippen molar-refractivity contribution in [2.24, 2.45) is 0 Å². The van der Waals surface area contributed by atoms with Crippen LogP contribution in [0.3, 0.4) is 0 Å². The quantitative estimate of drug-likeness (QED) is 0.924. The lowest BCUT2D eigenvalue weighted by atomic mass is 10.2. The number of aryl methyl sites for hydroxylation is 1. The van der Waals surface area contributed by atoms with Crippen LogP contribution in [0.5, 0.6) is 0 Å². The van der Waals surface area contributed by atoms with Gasteiger partial charge in [0.15, 0.2) is 5.69 Å². The molecule has 8 heteroatoms. The molecule has 1 aromatic rings. The smallest absolute Gasteiger partial charge is 0.353 e. The summed E-state index contributed by atoms with van der Waals surface area (Å²) in [6.07, 6.45) is -0.347. The lowest BCUT2D eigenvalue weighted by molar-refractivity contribution is -0.141. The second-order valence-corrected chi connectivity index (χ2v) is 5.65. The van der Waals surface area contributed by atoms with E-state index in [9.17, 15) is 18.0 Å². The van der Waals surface area contributed by atoms with Crippen LogP contribution in [0.4, 0.5) is 13.2 Å². The van der Waals surface area contributed by atoms with Crippen LogP contribution in [0.2, 0.25) is 5.02 Å². The van der Waals surface area contributed by atoms with E-state index in [1.165, 1.54) is 6.92 Å². The Hall–Kier alpha value is -1.24. The minimum atomic E-state index is -4.58. The standard InChI is InChI=1S/C13H17ClF3N3O/c1-8-11(14)12(13(15,16)17)19-20(8)7-6-10(21)18-9-4-2-3-5-9/h9H,2-7H2,1H3,(H,18,21). The molecule has 0 atom stereocenters. The summed E-state index contributed by atoms with van der Waals surface area (Å²) in [6.45, 7) is 1.54. The maximum atomic E-state index is 12.7. The average molecular weight is 324 g/mol. The lowest BCUT2D eigenvalue weighted by Crippen LogP contribution is -2.33. The molecule has 21 heavy (non-hydrogen) atoms. The zero-order valence-electron chi connectivity index (χ0n) is 11.6. The topological polar surface area (TPSA) is 46.9 Å². The number of carbonyl (C=O) groups is 1. The fourth-order valence-corrected chi connectivity index (χ4v) is 2.74. The average Bonchev–Trinajstić information content (AvgIpc) is 2.97. The van der Waals surface area contributed by atoms with E-state index in [-0.39, 0.29) is 30.6 Å². The molecule has 0 aromatic carbocycles.